The first-order chi connectivity index (χ1) is 9.83. The number of hydrogen-bond acceptors (Lipinski definition) is 2. The number of hydrogen-bond donors (Lipinski definition) is 1. The molecule has 2 rings (SSSR count). The Morgan fingerprint density at radius 1 is 1.20 bits per heavy atom. The van der Waals surface area contributed by atoms with Gasteiger partial charge in [-0.3, -0.25) is 0 Å². The molecule has 1 N–H and O–H groups in total. The molecule has 1 aromatic heterocycles. The van der Waals surface area contributed by atoms with Crippen LogP contribution in [0.2, 0.25) is 0 Å². The molecule has 20 heavy (non-hydrogen) atoms. The number of aryl methyl sites for hydroxylation is 1. The van der Waals surface area contributed by atoms with E-state index in [0.29, 0.717) is 0 Å². The number of thiophene rings is 1. The summed E-state index contributed by atoms with van der Waals surface area (Å²) < 4.78 is 0. The first-order valence-corrected chi connectivity index (χ1v) is 9.52. The zero-order valence-electron chi connectivity index (χ0n) is 13.2. The molecule has 1 aromatic rings. The van der Waals surface area contributed by atoms with E-state index in [9.17, 15) is 0 Å². The SMILES string of the molecule is CCCNC1CCC(CCC)CC1CCc1ccsc1. The Bertz CT molecular complexity index is 346. The van der Waals surface area contributed by atoms with Crippen LogP contribution in [0.15, 0.2) is 16.8 Å². The molecule has 0 saturated heterocycles. The predicted octanol–water partition coefficient (Wildman–Crippen LogP) is 5.27. The van der Waals surface area contributed by atoms with Gasteiger partial charge in [-0.1, -0.05) is 26.7 Å². The minimum Gasteiger partial charge on any atom is -0.314 e. The van der Waals surface area contributed by atoms with Crippen molar-refractivity contribution in [1.82, 2.24) is 5.32 Å². The van der Waals surface area contributed by atoms with Gasteiger partial charge in [0.2, 0.25) is 0 Å². The van der Waals surface area contributed by atoms with Crippen LogP contribution in [0.5, 0.6) is 0 Å². The molecule has 1 heterocycles. The second-order valence-corrected chi connectivity index (χ2v) is 7.24. The third-order valence-corrected chi connectivity index (χ3v) is 5.56. The Kier molecular flexibility index (Phi) is 7.09. The van der Waals surface area contributed by atoms with Crippen molar-refractivity contribution >= 4 is 11.3 Å². The predicted molar refractivity (Wildman–Crippen MR) is 90.5 cm³/mol. The van der Waals surface area contributed by atoms with Crippen molar-refractivity contribution in [3.8, 4) is 0 Å². The van der Waals surface area contributed by atoms with Gasteiger partial charge in [0.15, 0.2) is 0 Å². The highest BCUT2D eigenvalue weighted by Gasteiger charge is 2.29. The van der Waals surface area contributed by atoms with Crippen LogP contribution in [-0.4, -0.2) is 12.6 Å². The van der Waals surface area contributed by atoms with Gasteiger partial charge in [0.25, 0.3) is 0 Å². The van der Waals surface area contributed by atoms with Crippen molar-refractivity contribution in [3.63, 3.8) is 0 Å². The Morgan fingerprint density at radius 2 is 2.10 bits per heavy atom. The van der Waals surface area contributed by atoms with E-state index < -0.39 is 0 Å². The molecule has 3 unspecified atom stereocenters. The van der Waals surface area contributed by atoms with E-state index in [1.807, 2.05) is 11.3 Å². The average Bonchev–Trinajstić information content (AvgIpc) is 2.97. The van der Waals surface area contributed by atoms with E-state index in [0.717, 1.165) is 17.9 Å². The molecule has 0 spiro atoms. The standard InChI is InChI=1S/C18H31NS/c1-3-5-15-7-9-18(19-11-4-2)17(13-15)8-6-16-10-12-20-14-16/h10,12,14-15,17-19H,3-9,11,13H2,1-2H3. The van der Waals surface area contributed by atoms with Gasteiger partial charge in [-0.05, 0) is 79.3 Å². The fourth-order valence-corrected chi connectivity index (χ4v) is 4.44. The Morgan fingerprint density at radius 3 is 2.80 bits per heavy atom. The van der Waals surface area contributed by atoms with Crippen molar-refractivity contribution < 1.29 is 0 Å². The smallest absolute Gasteiger partial charge is 0.00956 e. The van der Waals surface area contributed by atoms with Crippen molar-refractivity contribution in [2.24, 2.45) is 11.8 Å². The van der Waals surface area contributed by atoms with Gasteiger partial charge in [-0.2, -0.15) is 11.3 Å². The van der Waals surface area contributed by atoms with Crippen LogP contribution in [0.3, 0.4) is 0 Å². The maximum atomic E-state index is 3.82. The lowest BCUT2D eigenvalue weighted by molar-refractivity contribution is 0.186. The van der Waals surface area contributed by atoms with Crippen LogP contribution in [0.4, 0.5) is 0 Å². The first kappa shape index (κ1) is 16.0. The highest BCUT2D eigenvalue weighted by atomic mass is 32.1. The highest BCUT2D eigenvalue weighted by molar-refractivity contribution is 7.07. The van der Waals surface area contributed by atoms with Gasteiger partial charge in [0.1, 0.15) is 0 Å². The van der Waals surface area contributed by atoms with Crippen LogP contribution >= 0.6 is 11.3 Å². The summed E-state index contributed by atoms with van der Waals surface area (Å²) in [7, 11) is 0. The molecule has 0 radical (unpaired) electrons. The van der Waals surface area contributed by atoms with E-state index in [1.165, 1.54) is 57.9 Å². The minimum absolute atomic E-state index is 0.779. The van der Waals surface area contributed by atoms with Crippen molar-refractivity contribution in [2.75, 3.05) is 6.54 Å². The fourth-order valence-electron chi connectivity index (χ4n) is 3.74. The third-order valence-electron chi connectivity index (χ3n) is 4.83. The molecule has 0 bridgehead atoms. The molecule has 1 saturated carbocycles. The summed E-state index contributed by atoms with van der Waals surface area (Å²) in [6.45, 7) is 5.80. The number of nitrogens with one attached hydrogen (secondary N) is 1. The fraction of sp³-hybridized carbons (Fsp3) is 0.778. The molecular weight excluding hydrogens is 262 g/mol. The molecule has 1 aliphatic carbocycles. The molecule has 1 fully saturated rings. The molecule has 0 aromatic carbocycles. The molecule has 1 aliphatic rings. The van der Waals surface area contributed by atoms with Crippen molar-refractivity contribution in [1.29, 1.82) is 0 Å². The lowest BCUT2D eigenvalue weighted by Gasteiger charge is -2.37. The van der Waals surface area contributed by atoms with Gasteiger partial charge in [-0.25, -0.2) is 0 Å². The zero-order valence-corrected chi connectivity index (χ0v) is 14.1. The lowest BCUT2D eigenvalue weighted by atomic mass is 9.74. The highest BCUT2D eigenvalue weighted by Crippen LogP contribution is 2.34. The van der Waals surface area contributed by atoms with Crippen LogP contribution in [-0.2, 0) is 6.42 Å². The zero-order chi connectivity index (χ0) is 14.2. The second kappa shape index (κ2) is 8.84. The van der Waals surface area contributed by atoms with Crippen molar-refractivity contribution in [2.45, 2.75) is 71.3 Å². The summed E-state index contributed by atoms with van der Waals surface area (Å²) >= 11 is 1.83. The van der Waals surface area contributed by atoms with E-state index in [1.54, 1.807) is 5.56 Å². The lowest BCUT2D eigenvalue weighted by Crippen LogP contribution is -2.41. The molecule has 2 heteroatoms. The summed E-state index contributed by atoms with van der Waals surface area (Å²) in [6.07, 6.45) is 11.0. The van der Waals surface area contributed by atoms with Gasteiger partial charge in [0.05, 0.1) is 0 Å². The summed E-state index contributed by atoms with van der Waals surface area (Å²) in [5.74, 6) is 1.89. The summed E-state index contributed by atoms with van der Waals surface area (Å²) in [6, 6.07) is 3.08. The quantitative estimate of drug-likeness (QED) is 0.689. The van der Waals surface area contributed by atoms with E-state index in [-0.39, 0.29) is 0 Å². The van der Waals surface area contributed by atoms with Gasteiger partial charge in [0, 0.05) is 6.04 Å². The monoisotopic (exact) mass is 293 g/mol. The number of rotatable bonds is 8. The Labute approximate surface area is 129 Å². The van der Waals surface area contributed by atoms with Gasteiger partial charge in [-0.15, -0.1) is 0 Å². The average molecular weight is 294 g/mol. The van der Waals surface area contributed by atoms with Gasteiger partial charge >= 0.3 is 0 Å². The Balaban J connectivity index is 1.86. The van der Waals surface area contributed by atoms with E-state index >= 15 is 0 Å². The molecule has 3 atom stereocenters. The van der Waals surface area contributed by atoms with Crippen LogP contribution in [0.1, 0.15) is 64.4 Å². The Hall–Kier alpha value is -0.340. The normalized spacial score (nSPS) is 26.8. The summed E-state index contributed by atoms with van der Waals surface area (Å²) in [5.41, 5.74) is 1.54. The summed E-state index contributed by atoms with van der Waals surface area (Å²) in [4.78, 5) is 0. The van der Waals surface area contributed by atoms with E-state index in [2.05, 4.69) is 36.0 Å². The molecule has 114 valence electrons. The first-order valence-electron chi connectivity index (χ1n) is 8.57. The van der Waals surface area contributed by atoms with Gasteiger partial charge < -0.3 is 5.32 Å². The van der Waals surface area contributed by atoms with E-state index in [4.69, 9.17) is 0 Å². The van der Waals surface area contributed by atoms with Crippen LogP contribution in [0, 0.1) is 11.8 Å². The molecule has 0 amide bonds. The largest absolute Gasteiger partial charge is 0.314 e. The third kappa shape index (κ3) is 4.89. The summed E-state index contributed by atoms with van der Waals surface area (Å²) in [5, 5.41) is 8.35. The maximum Gasteiger partial charge on any atom is 0.00956 e. The van der Waals surface area contributed by atoms with Crippen LogP contribution < -0.4 is 5.32 Å². The minimum atomic E-state index is 0.779. The molecule has 0 aliphatic heterocycles. The molecule has 1 nitrogen and oxygen atoms in total. The topological polar surface area (TPSA) is 12.0 Å². The molecular formula is C18H31NS. The maximum absolute atomic E-state index is 3.82. The van der Waals surface area contributed by atoms with Crippen molar-refractivity contribution in [3.05, 3.63) is 22.4 Å². The van der Waals surface area contributed by atoms with Crippen LogP contribution in [0.25, 0.3) is 0 Å². The second-order valence-electron chi connectivity index (χ2n) is 6.46.